The Hall–Kier alpha value is -2.57. The number of carbonyl (C=O) groups is 1. The first-order valence-corrected chi connectivity index (χ1v) is 8.37. The molecular formula is C20H23NO5. The first-order valence-electron chi connectivity index (χ1n) is 8.37. The second-order valence-electron chi connectivity index (χ2n) is 6.44. The molecule has 1 aliphatic rings. The molecule has 0 radical (unpaired) electrons. The second kappa shape index (κ2) is 7.76. The van der Waals surface area contributed by atoms with E-state index < -0.39 is 11.7 Å². The van der Waals surface area contributed by atoms with Gasteiger partial charge >= 0.3 is 0 Å². The summed E-state index contributed by atoms with van der Waals surface area (Å²) in [4.78, 5) is 12.7. The molecule has 0 aliphatic carbocycles. The average molecular weight is 357 g/mol. The van der Waals surface area contributed by atoms with E-state index >= 15 is 0 Å². The third-order valence-electron chi connectivity index (χ3n) is 4.40. The van der Waals surface area contributed by atoms with Crippen LogP contribution in [0.1, 0.15) is 18.8 Å². The Bertz CT molecular complexity index is 751. The number of benzene rings is 2. The lowest BCUT2D eigenvalue weighted by atomic mass is 9.90. The number of para-hydroxylation sites is 1. The number of methoxy groups -OCH3 is 2. The van der Waals surface area contributed by atoms with Crippen molar-refractivity contribution in [1.82, 2.24) is 0 Å². The Morgan fingerprint density at radius 1 is 1.04 bits per heavy atom. The van der Waals surface area contributed by atoms with Gasteiger partial charge in [0.15, 0.2) is 6.29 Å². The van der Waals surface area contributed by atoms with Gasteiger partial charge < -0.3 is 24.3 Å². The van der Waals surface area contributed by atoms with Crippen LogP contribution in [0.4, 0.5) is 5.69 Å². The third kappa shape index (κ3) is 3.81. The van der Waals surface area contributed by atoms with Crippen LogP contribution in [0, 0.1) is 5.41 Å². The molecule has 1 heterocycles. The molecule has 2 aromatic carbocycles. The van der Waals surface area contributed by atoms with Crippen molar-refractivity contribution >= 4 is 11.6 Å². The van der Waals surface area contributed by atoms with E-state index in [0.717, 1.165) is 11.3 Å². The lowest BCUT2D eigenvalue weighted by molar-refractivity contribution is -0.226. The summed E-state index contributed by atoms with van der Waals surface area (Å²) in [6.45, 7) is 2.32. The van der Waals surface area contributed by atoms with Gasteiger partial charge in [-0.25, -0.2) is 0 Å². The van der Waals surface area contributed by atoms with E-state index in [4.69, 9.17) is 18.9 Å². The van der Waals surface area contributed by atoms with Gasteiger partial charge in [0.2, 0.25) is 5.91 Å². The van der Waals surface area contributed by atoms with Gasteiger partial charge in [-0.3, -0.25) is 4.79 Å². The molecule has 0 atom stereocenters. The van der Waals surface area contributed by atoms with Crippen LogP contribution < -0.4 is 14.8 Å². The number of amides is 1. The molecule has 0 bridgehead atoms. The van der Waals surface area contributed by atoms with Crippen molar-refractivity contribution < 1.29 is 23.7 Å². The first-order chi connectivity index (χ1) is 12.6. The maximum absolute atomic E-state index is 12.7. The van der Waals surface area contributed by atoms with Crippen molar-refractivity contribution in [1.29, 1.82) is 0 Å². The van der Waals surface area contributed by atoms with Crippen molar-refractivity contribution in [3.8, 4) is 11.5 Å². The predicted octanol–water partition coefficient (Wildman–Crippen LogP) is 3.39. The Balaban J connectivity index is 1.64. The van der Waals surface area contributed by atoms with Gasteiger partial charge in [-0.05, 0) is 37.3 Å². The minimum absolute atomic E-state index is 0.152. The maximum Gasteiger partial charge on any atom is 0.234 e. The highest BCUT2D eigenvalue weighted by Crippen LogP contribution is 2.36. The SMILES string of the molecule is COc1ccc(NC(=O)C2(C)COC(c3ccccc3OC)OC2)cc1. The number of ether oxygens (including phenoxy) is 4. The molecule has 138 valence electrons. The van der Waals surface area contributed by atoms with Gasteiger partial charge in [0.05, 0.1) is 32.8 Å². The maximum atomic E-state index is 12.7. The normalized spacial score (nSPS) is 22.5. The van der Waals surface area contributed by atoms with Crippen LogP contribution in [0.25, 0.3) is 0 Å². The Morgan fingerprint density at radius 3 is 2.31 bits per heavy atom. The summed E-state index contributed by atoms with van der Waals surface area (Å²) >= 11 is 0. The van der Waals surface area contributed by atoms with Crippen LogP contribution in [-0.4, -0.2) is 33.3 Å². The molecule has 0 unspecified atom stereocenters. The number of hydrogen-bond acceptors (Lipinski definition) is 5. The zero-order valence-corrected chi connectivity index (χ0v) is 15.2. The van der Waals surface area contributed by atoms with Crippen LogP contribution in [0.15, 0.2) is 48.5 Å². The zero-order valence-electron chi connectivity index (χ0n) is 15.2. The van der Waals surface area contributed by atoms with E-state index in [2.05, 4.69) is 5.32 Å². The van der Waals surface area contributed by atoms with Crippen LogP contribution in [0.2, 0.25) is 0 Å². The Labute approximate surface area is 153 Å². The molecular weight excluding hydrogens is 334 g/mol. The molecule has 2 aromatic rings. The van der Waals surface area contributed by atoms with E-state index in [-0.39, 0.29) is 19.1 Å². The molecule has 1 amide bonds. The van der Waals surface area contributed by atoms with Gasteiger partial charge in [-0.15, -0.1) is 0 Å². The van der Waals surface area contributed by atoms with Crippen LogP contribution in [0.5, 0.6) is 11.5 Å². The van der Waals surface area contributed by atoms with Gasteiger partial charge in [0, 0.05) is 11.3 Å². The standard InChI is InChI=1S/C20H23NO5/c1-20(19(22)21-14-8-10-15(23-2)11-9-14)12-25-18(26-13-20)16-6-4-5-7-17(16)24-3/h4-11,18H,12-13H2,1-3H3,(H,21,22). The smallest absolute Gasteiger partial charge is 0.234 e. The van der Waals surface area contributed by atoms with Crippen LogP contribution in [0.3, 0.4) is 0 Å². The van der Waals surface area contributed by atoms with Gasteiger partial charge in [-0.1, -0.05) is 18.2 Å². The van der Waals surface area contributed by atoms with Crippen LogP contribution in [-0.2, 0) is 14.3 Å². The predicted molar refractivity (Wildman–Crippen MR) is 97.4 cm³/mol. The van der Waals surface area contributed by atoms with Crippen molar-refractivity contribution in [3.63, 3.8) is 0 Å². The molecule has 0 aromatic heterocycles. The summed E-state index contributed by atoms with van der Waals surface area (Å²) in [5.74, 6) is 1.28. The monoisotopic (exact) mass is 357 g/mol. The molecule has 1 saturated heterocycles. The number of carbonyl (C=O) groups excluding carboxylic acids is 1. The fourth-order valence-corrected chi connectivity index (χ4v) is 2.74. The third-order valence-corrected chi connectivity index (χ3v) is 4.40. The topological polar surface area (TPSA) is 66.0 Å². The van der Waals surface area contributed by atoms with E-state index in [1.54, 1.807) is 38.5 Å². The summed E-state index contributed by atoms with van der Waals surface area (Å²) in [6.07, 6.45) is -0.548. The average Bonchev–Trinajstić information content (AvgIpc) is 2.69. The summed E-state index contributed by atoms with van der Waals surface area (Å²) in [5, 5.41) is 2.90. The lowest BCUT2D eigenvalue weighted by Gasteiger charge is -2.36. The van der Waals surface area contributed by atoms with Gasteiger partial charge in [0.25, 0.3) is 0 Å². The summed E-state index contributed by atoms with van der Waals surface area (Å²) in [5.41, 5.74) is 0.731. The van der Waals surface area contributed by atoms with Crippen molar-refractivity contribution in [2.75, 3.05) is 32.8 Å². The van der Waals surface area contributed by atoms with E-state index in [9.17, 15) is 4.79 Å². The highest BCUT2D eigenvalue weighted by molar-refractivity contribution is 5.95. The van der Waals surface area contributed by atoms with Gasteiger partial charge in [0.1, 0.15) is 11.5 Å². The number of rotatable bonds is 5. The molecule has 1 aliphatic heterocycles. The minimum atomic E-state index is -0.779. The molecule has 26 heavy (non-hydrogen) atoms. The Kier molecular flexibility index (Phi) is 5.44. The minimum Gasteiger partial charge on any atom is -0.497 e. The van der Waals surface area contributed by atoms with Crippen LogP contribution >= 0.6 is 0 Å². The van der Waals surface area contributed by atoms with Crippen molar-refractivity contribution in [2.24, 2.45) is 5.41 Å². The zero-order chi connectivity index (χ0) is 18.6. The molecule has 1 fully saturated rings. The fraction of sp³-hybridized carbons (Fsp3) is 0.350. The largest absolute Gasteiger partial charge is 0.497 e. The van der Waals surface area contributed by atoms with Crippen molar-refractivity contribution in [3.05, 3.63) is 54.1 Å². The summed E-state index contributed by atoms with van der Waals surface area (Å²) < 4.78 is 22.1. The lowest BCUT2D eigenvalue weighted by Crippen LogP contribution is -2.45. The summed E-state index contributed by atoms with van der Waals surface area (Å²) in [6, 6.07) is 14.7. The summed E-state index contributed by atoms with van der Waals surface area (Å²) in [7, 11) is 3.21. The van der Waals surface area contributed by atoms with Gasteiger partial charge in [-0.2, -0.15) is 0 Å². The first kappa shape index (κ1) is 18.2. The van der Waals surface area contributed by atoms with Crippen molar-refractivity contribution in [2.45, 2.75) is 13.2 Å². The number of hydrogen-bond donors (Lipinski definition) is 1. The highest BCUT2D eigenvalue weighted by atomic mass is 16.7. The fourth-order valence-electron chi connectivity index (χ4n) is 2.74. The molecule has 3 rings (SSSR count). The second-order valence-corrected chi connectivity index (χ2v) is 6.44. The molecule has 0 saturated carbocycles. The highest BCUT2D eigenvalue weighted by Gasteiger charge is 2.40. The molecule has 6 nitrogen and oxygen atoms in total. The van der Waals surface area contributed by atoms with E-state index in [0.29, 0.717) is 11.4 Å². The number of nitrogens with one attached hydrogen (secondary N) is 1. The van der Waals surface area contributed by atoms with E-state index in [1.807, 2.05) is 31.2 Å². The molecule has 0 spiro atoms. The number of anilines is 1. The van der Waals surface area contributed by atoms with E-state index in [1.165, 1.54) is 0 Å². The quantitative estimate of drug-likeness (QED) is 0.888. The molecule has 6 heteroatoms. The molecule has 1 N–H and O–H groups in total. The Morgan fingerprint density at radius 2 is 1.69 bits per heavy atom.